The van der Waals surface area contributed by atoms with Crippen LogP contribution in [0.3, 0.4) is 0 Å². The van der Waals surface area contributed by atoms with Crippen molar-refractivity contribution in [3.63, 3.8) is 0 Å². The van der Waals surface area contributed by atoms with Gasteiger partial charge in [-0.2, -0.15) is 8.78 Å². The van der Waals surface area contributed by atoms with Crippen molar-refractivity contribution in [2.45, 2.75) is 12.8 Å². The third kappa shape index (κ3) is 3.69. The maximum absolute atomic E-state index is 13.1. The second kappa shape index (κ2) is 7.44. The van der Waals surface area contributed by atoms with E-state index in [-0.39, 0.29) is 12.4 Å². The summed E-state index contributed by atoms with van der Waals surface area (Å²) in [5, 5.41) is 8.98. The fourth-order valence-electron chi connectivity index (χ4n) is 2.52. The molecule has 25 heavy (non-hydrogen) atoms. The van der Waals surface area contributed by atoms with E-state index in [0.29, 0.717) is 29.0 Å². The lowest BCUT2D eigenvalue weighted by Crippen LogP contribution is -1.90. The Morgan fingerprint density at radius 2 is 1.68 bits per heavy atom. The fourth-order valence-corrected chi connectivity index (χ4v) is 2.52. The Balaban J connectivity index is 2.04. The fraction of sp³-hybridized carbons (Fsp3) is 0.211. The van der Waals surface area contributed by atoms with E-state index >= 15 is 0 Å². The molecule has 0 radical (unpaired) electrons. The molecule has 0 aliphatic carbocycles. The van der Waals surface area contributed by atoms with Crippen molar-refractivity contribution < 1.29 is 23.0 Å². The summed E-state index contributed by atoms with van der Waals surface area (Å²) in [5.41, 5.74) is 2.61. The van der Waals surface area contributed by atoms with E-state index < -0.39 is 12.3 Å². The van der Waals surface area contributed by atoms with Gasteiger partial charge in [0.05, 0.1) is 7.11 Å². The Morgan fingerprint density at radius 3 is 2.24 bits per heavy atom. The molecule has 0 atom stereocenters. The summed E-state index contributed by atoms with van der Waals surface area (Å²) in [4.78, 5) is 3.97. The molecule has 0 bridgehead atoms. The van der Waals surface area contributed by atoms with E-state index in [0.717, 1.165) is 5.56 Å². The predicted molar refractivity (Wildman–Crippen MR) is 89.7 cm³/mol. The van der Waals surface area contributed by atoms with Crippen LogP contribution in [0, 0.1) is 0 Å². The van der Waals surface area contributed by atoms with Crippen LogP contribution in [0.2, 0.25) is 0 Å². The number of aliphatic hydroxyl groups excluding tert-OH is 1. The van der Waals surface area contributed by atoms with E-state index in [9.17, 15) is 8.78 Å². The molecule has 0 saturated heterocycles. The van der Waals surface area contributed by atoms with Gasteiger partial charge in [0.2, 0.25) is 0 Å². The molecule has 3 aromatic rings. The van der Waals surface area contributed by atoms with Crippen LogP contribution in [0.25, 0.3) is 22.6 Å². The number of nitrogens with zero attached hydrogens (tertiary/aromatic N) is 1. The van der Waals surface area contributed by atoms with Crippen LogP contribution in [-0.4, -0.2) is 23.8 Å². The Bertz CT molecular complexity index is 827. The normalized spacial score (nSPS) is 11.1. The van der Waals surface area contributed by atoms with Crippen molar-refractivity contribution in [1.29, 1.82) is 0 Å². The topological polar surface area (TPSA) is 55.5 Å². The quantitative estimate of drug-likeness (QED) is 0.715. The lowest BCUT2D eigenvalue weighted by atomic mass is 10.0. The zero-order valence-corrected chi connectivity index (χ0v) is 13.6. The van der Waals surface area contributed by atoms with Crippen LogP contribution >= 0.6 is 0 Å². The van der Waals surface area contributed by atoms with Crippen molar-refractivity contribution in [2.24, 2.45) is 0 Å². The van der Waals surface area contributed by atoms with Crippen LogP contribution in [0.5, 0.6) is 5.75 Å². The van der Waals surface area contributed by atoms with E-state index in [2.05, 4.69) is 4.98 Å². The van der Waals surface area contributed by atoms with Gasteiger partial charge in [-0.3, -0.25) is 0 Å². The molecule has 2 aromatic carbocycles. The first-order valence-electron chi connectivity index (χ1n) is 7.76. The Morgan fingerprint density at radius 1 is 1.04 bits per heavy atom. The van der Waals surface area contributed by atoms with Crippen molar-refractivity contribution >= 4 is 0 Å². The first-order chi connectivity index (χ1) is 12.1. The van der Waals surface area contributed by atoms with Crippen LogP contribution in [0.1, 0.15) is 17.9 Å². The summed E-state index contributed by atoms with van der Waals surface area (Å²) in [5.74, 6) is 0.340. The van der Waals surface area contributed by atoms with Gasteiger partial charge in [-0.25, -0.2) is 4.98 Å². The minimum absolute atomic E-state index is 0.0499. The third-order valence-corrected chi connectivity index (χ3v) is 3.81. The average molecular weight is 345 g/mol. The molecule has 0 fully saturated rings. The van der Waals surface area contributed by atoms with Crippen molar-refractivity contribution in [3.05, 3.63) is 60.0 Å². The maximum Gasteiger partial charge on any atom is 0.313 e. The minimum atomic E-state index is -2.79. The number of hydrogen-bond donors (Lipinski definition) is 1. The summed E-state index contributed by atoms with van der Waals surface area (Å²) >= 11 is 0. The summed E-state index contributed by atoms with van der Waals surface area (Å²) in [6.45, 7) is 0.0499. The second-order valence-electron chi connectivity index (χ2n) is 5.43. The standard InChI is InChI=1S/C19H17F2NO3/c1-24-15-8-6-13(7-9-15)16-17(25-19(22-16)18(20)21)14-4-2-12(3-5-14)10-11-23/h2-9,18,23H,10-11H2,1H3. The molecule has 1 N–H and O–H groups in total. The molecule has 0 unspecified atom stereocenters. The van der Waals surface area contributed by atoms with Gasteiger partial charge in [-0.1, -0.05) is 24.3 Å². The molecule has 1 heterocycles. The Hall–Kier alpha value is -2.73. The molecule has 4 nitrogen and oxygen atoms in total. The van der Waals surface area contributed by atoms with Gasteiger partial charge >= 0.3 is 6.43 Å². The number of aromatic nitrogens is 1. The minimum Gasteiger partial charge on any atom is -0.497 e. The van der Waals surface area contributed by atoms with Crippen LogP contribution in [0.15, 0.2) is 52.9 Å². The van der Waals surface area contributed by atoms with Gasteiger partial charge < -0.3 is 14.3 Å². The molecular weight excluding hydrogens is 328 g/mol. The summed E-state index contributed by atoms with van der Waals surface area (Å²) in [7, 11) is 1.55. The molecule has 3 rings (SSSR count). The number of alkyl halides is 2. The first kappa shape index (κ1) is 17.1. The van der Waals surface area contributed by atoms with Gasteiger partial charge in [0, 0.05) is 17.7 Å². The highest BCUT2D eigenvalue weighted by molar-refractivity contribution is 5.77. The molecule has 130 valence electrons. The zero-order valence-electron chi connectivity index (χ0n) is 13.6. The Labute approximate surface area is 143 Å². The number of hydrogen-bond acceptors (Lipinski definition) is 4. The predicted octanol–water partition coefficient (Wildman–Crippen LogP) is 4.49. The van der Waals surface area contributed by atoms with E-state index in [4.69, 9.17) is 14.3 Å². The smallest absolute Gasteiger partial charge is 0.313 e. The second-order valence-corrected chi connectivity index (χ2v) is 5.43. The van der Waals surface area contributed by atoms with Gasteiger partial charge in [-0.15, -0.1) is 0 Å². The molecule has 1 aromatic heterocycles. The summed E-state index contributed by atoms with van der Waals surface area (Å²) in [6, 6.07) is 14.2. The van der Waals surface area contributed by atoms with Gasteiger partial charge in [0.15, 0.2) is 5.76 Å². The molecule has 0 spiro atoms. The molecule has 0 saturated carbocycles. The first-order valence-corrected chi connectivity index (χ1v) is 7.76. The number of benzene rings is 2. The average Bonchev–Trinajstić information content (AvgIpc) is 3.08. The zero-order chi connectivity index (χ0) is 17.8. The molecule has 0 aliphatic rings. The largest absolute Gasteiger partial charge is 0.497 e. The monoisotopic (exact) mass is 345 g/mol. The number of oxazole rings is 1. The number of ether oxygens (including phenoxy) is 1. The van der Waals surface area contributed by atoms with Crippen LogP contribution in [-0.2, 0) is 6.42 Å². The van der Waals surface area contributed by atoms with Crippen molar-refractivity contribution in [2.75, 3.05) is 13.7 Å². The van der Waals surface area contributed by atoms with E-state index in [1.807, 2.05) is 12.1 Å². The summed E-state index contributed by atoms with van der Waals surface area (Å²) < 4.78 is 36.6. The maximum atomic E-state index is 13.1. The highest BCUT2D eigenvalue weighted by Crippen LogP contribution is 2.36. The third-order valence-electron chi connectivity index (χ3n) is 3.81. The number of halogens is 2. The number of methoxy groups -OCH3 is 1. The SMILES string of the molecule is COc1ccc(-c2nc(C(F)F)oc2-c2ccc(CCO)cc2)cc1. The molecule has 6 heteroatoms. The number of aliphatic hydroxyl groups is 1. The Kier molecular flexibility index (Phi) is 5.09. The van der Waals surface area contributed by atoms with Crippen molar-refractivity contribution in [3.8, 4) is 28.3 Å². The lowest BCUT2D eigenvalue weighted by molar-refractivity contribution is 0.116. The van der Waals surface area contributed by atoms with Gasteiger partial charge in [0.1, 0.15) is 11.4 Å². The van der Waals surface area contributed by atoms with Crippen LogP contribution in [0.4, 0.5) is 8.78 Å². The van der Waals surface area contributed by atoms with Gasteiger partial charge in [0.25, 0.3) is 5.89 Å². The molecular formula is C19H17F2NO3. The summed E-state index contributed by atoms with van der Waals surface area (Å²) in [6.07, 6.45) is -2.26. The molecule has 0 amide bonds. The molecule has 0 aliphatic heterocycles. The highest BCUT2D eigenvalue weighted by Gasteiger charge is 2.22. The van der Waals surface area contributed by atoms with E-state index in [1.54, 1.807) is 43.5 Å². The van der Waals surface area contributed by atoms with E-state index in [1.165, 1.54) is 0 Å². The van der Waals surface area contributed by atoms with Crippen LogP contribution < -0.4 is 4.74 Å². The number of rotatable bonds is 6. The lowest BCUT2D eigenvalue weighted by Gasteiger charge is -2.04. The highest BCUT2D eigenvalue weighted by atomic mass is 19.3. The van der Waals surface area contributed by atoms with Gasteiger partial charge in [-0.05, 0) is 36.2 Å². The van der Waals surface area contributed by atoms with Crippen molar-refractivity contribution in [1.82, 2.24) is 4.98 Å².